The number of rotatable bonds is 7. The van der Waals surface area contributed by atoms with Crippen molar-refractivity contribution in [3.8, 4) is 0 Å². The van der Waals surface area contributed by atoms with Gasteiger partial charge >= 0.3 is 0 Å². The Kier molecular flexibility index (Phi) is 5.56. The maximum Gasteiger partial charge on any atom is 0.212 e. The van der Waals surface area contributed by atoms with Gasteiger partial charge in [0.25, 0.3) is 0 Å². The van der Waals surface area contributed by atoms with E-state index >= 15 is 0 Å². The first-order valence-corrected chi connectivity index (χ1v) is 10.3. The summed E-state index contributed by atoms with van der Waals surface area (Å²) in [7, 11) is 7.83. The zero-order valence-corrected chi connectivity index (χ0v) is 18.3. The van der Waals surface area contributed by atoms with Crippen molar-refractivity contribution in [2.45, 2.75) is 12.8 Å². The molecular weight excluding hydrogens is 392 g/mol. The molecule has 4 rings (SSSR count). The van der Waals surface area contributed by atoms with Gasteiger partial charge in [-0.1, -0.05) is 6.08 Å². The molecule has 1 aliphatic heterocycles. The molecule has 1 aromatic rings. The molecule has 0 amide bonds. The van der Waals surface area contributed by atoms with Crippen LogP contribution in [0, 0.1) is 0 Å². The van der Waals surface area contributed by atoms with Gasteiger partial charge in [-0.25, -0.2) is 4.99 Å². The summed E-state index contributed by atoms with van der Waals surface area (Å²) in [4.78, 5) is 50.7. The van der Waals surface area contributed by atoms with Gasteiger partial charge in [0, 0.05) is 19.3 Å². The molecule has 31 heavy (non-hydrogen) atoms. The number of carbonyl (C=O) groups is 3. The average Bonchev–Trinajstić information content (AvgIpc) is 3.30. The molecule has 160 valence electrons. The first-order chi connectivity index (χ1) is 14.8. The fourth-order valence-electron chi connectivity index (χ4n) is 4.07. The van der Waals surface area contributed by atoms with Crippen LogP contribution in [0.25, 0.3) is 0 Å². The fourth-order valence-corrected chi connectivity index (χ4v) is 4.07. The largest absolute Gasteiger partial charge is 0.358 e. The Labute approximate surface area is 181 Å². The first kappa shape index (κ1) is 21.1. The second kappa shape index (κ2) is 8.17. The number of ketones is 3. The summed E-state index contributed by atoms with van der Waals surface area (Å²) in [5.74, 6) is -0.577. The molecule has 1 N–H and O–H groups in total. The number of carbonyl (C=O) groups excluding carboxylic acids is 3. The number of fused-ring (bicyclic) bond motifs is 2. The number of aromatic nitrogens is 1. The monoisotopic (exact) mass is 418 g/mol. The van der Waals surface area contributed by atoms with Gasteiger partial charge in [-0.15, -0.1) is 0 Å². The minimum atomic E-state index is -0.257. The van der Waals surface area contributed by atoms with E-state index in [0.717, 1.165) is 17.7 Å². The van der Waals surface area contributed by atoms with E-state index in [1.54, 1.807) is 18.3 Å². The lowest BCUT2D eigenvalue weighted by Gasteiger charge is -2.17. The standard InChI is InChI=1S/C24H26N4O3/c1-27(2)10-8-14-13-25-23-20(14)19(30)12-16(24(23)31)22-15(9-11-28(3)4)21-17(26-22)6-5-7-18(21)29/h5-7,12-13,25H,8-11H2,1-4H3. The van der Waals surface area contributed by atoms with Crippen molar-refractivity contribution in [1.29, 1.82) is 0 Å². The SMILES string of the molecule is CN(C)CCC1=C2C(=O)C=CC=C2N=C1C1=CC(=O)c2c(CCN(C)C)c[nH]c2C1=O. The number of likely N-dealkylation sites (N-methyl/N-ethyl adjacent to an activating group) is 1. The van der Waals surface area contributed by atoms with E-state index in [1.807, 2.05) is 38.0 Å². The lowest BCUT2D eigenvalue weighted by atomic mass is 9.85. The van der Waals surface area contributed by atoms with Gasteiger partial charge in [-0.05, 0) is 70.4 Å². The second-order valence-corrected chi connectivity index (χ2v) is 8.51. The van der Waals surface area contributed by atoms with E-state index in [0.29, 0.717) is 47.6 Å². The van der Waals surface area contributed by atoms with E-state index in [4.69, 9.17) is 0 Å². The van der Waals surface area contributed by atoms with E-state index in [-0.39, 0.29) is 22.9 Å². The van der Waals surface area contributed by atoms with Crippen LogP contribution in [-0.2, 0) is 11.2 Å². The molecule has 3 aliphatic rings. The number of allylic oxidation sites excluding steroid dienone is 6. The number of hydrogen-bond acceptors (Lipinski definition) is 6. The normalized spacial score (nSPS) is 18.0. The summed E-state index contributed by atoms with van der Waals surface area (Å²) < 4.78 is 0. The Hall–Kier alpha value is -3.16. The van der Waals surface area contributed by atoms with Crippen LogP contribution in [0.15, 0.2) is 57.9 Å². The maximum absolute atomic E-state index is 13.4. The van der Waals surface area contributed by atoms with E-state index < -0.39 is 0 Å². The van der Waals surface area contributed by atoms with Crippen molar-refractivity contribution in [2.75, 3.05) is 41.3 Å². The molecular formula is C24H26N4O3. The third-order valence-corrected chi connectivity index (χ3v) is 5.67. The predicted molar refractivity (Wildman–Crippen MR) is 120 cm³/mol. The number of Topliss-reactive ketones (excluding diaryl/α,β-unsaturated/α-hetero) is 1. The molecule has 0 fully saturated rings. The van der Waals surface area contributed by atoms with Crippen LogP contribution in [0.5, 0.6) is 0 Å². The van der Waals surface area contributed by atoms with Crippen LogP contribution >= 0.6 is 0 Å². The van der Waals surface area contributed by atoms with Crippen LogP contribution in [0.1, 0.15) is 32.8 Å². The molecule has 2 heterocycles. The number of nitrogens with zero attached hydrogens (tertiary/aromatic N) is 3. The fraction of sp³-hybridized carbons (Fsp3) is 0.333. The molecule has 2 aliphatic carbocycles. The Morgan fingerprint density at radius 1 is 0.968 bits per heavy atom. The van der Waals surface area contributed by atoms with Crippen molar-refractivity contribution >= 4 is 23.1 Å². The van der Waals surface area contributed by atoms with Crippen LogP contribution in [0.2, 0.25) is 0 Å². The summed E-state index contributed by atoms with van der Waals surface area (Å²) in [6.45, 7) is 1.47. The van der Waals surface area contributed by atoms with Gasteiger partial charge in [0.05, 0.1) is 33.8 Å². The second-order valence-electron chi connectivity index (χ2n) is 8.51. The highest BCUT2D eigenvalue weighted by atomic mass is 16.1. The van der Waals surface area contributed by atoms with Gasteiger partial charge in [0.2, 0.25) is 5.78 Å². The number of nitrogens with one attached hydrogen (secondary N) is 1. The van der Waals surface area contributed by atoms with E-state index in [9.17, 15) is 14.4 Å². The highest BCUT2D eigenvalue weighted by Crippen LogP contribution is 2.36. The average molecular weight is 418 g/mol. The molecule has 0 atom stereocenters. The van der Waals surface area contributed by atoms with Gasteiger partial charge in [0.15, 0.2) is 11.6 Å². The summed E-state index contributed by atoms with van der Waals surface area (Å²) in [5, 5.41) is 0. The Morgan fingerprint density at radius 2 is 1.68 bits per heavy atom. The van der Waals surface area contributed by atoms with Crippen molar-refractivity contribution < 1.29 is 14.4 Å². The zero-order chi connectivity index (χ0) is 22.3. The molecule has 0 aromatic carbocycles. The van der Waals surface area contributed by atoms with Crippen molar-refractivity contribution in [1.82, 2.24) is 14.8 Å². The smallest absolute Gasteiger partial charge is 0.212 e. The predicted octanol–water partition coefficient (Wildman–Crippen LogP) is 2.15. The lowest BCUT2D eigenvalue weighted by Crippen LogP contribution is -2.25. The highest BCUT2D eigenvalue weighted by Gasteiger charge is 2.37. The molecule has 0 spiro atoms. The molecule has 0 bridgehead atoms. The molecule has 0 saturated heterocycles. The van der Waals surface area contributed by atoms with Crippen LogP contribution in [0.4, 0.5) is 0 Å². The summed E-state index contributed by atoms with van der Waals surface area (Å²) in [5.41, 5.74) is 4.11. The molecule has 1 aromatic heterocycles. The minimum Gasteiger partial charge on any atom is -0.358 e. The third kappa shape index (κ3) is 3.82. The zero-order valence-electron chi connectivity index (χ0n) is 18.3. The summed E-state index contributed by atoms with van der Waals surface area (Å²) in [6.07, 6.45) is 9.32. The lowest BCUT2D eigenvalue weighted by molar-refractivity contribution is -0.111. The highest BCUT2D eigenvalue weighted by molar-refractivity contribution is 6.41. The van der Waals surface area contributed by atoms with Crippen molar-refractivity contribution in [2.24, 2.45) is 4.99 Å². The number of hydrogen-bond donors (Lipinski definition) is 1. The number of aromatic amines is 1. The van der Waals surface area contributed by atoms with E-state index in [2.05, 4.69) is 9.98 Å². The van der Waals surface area contributed by atoms with Gasteiger partial charge in [-0.3, -0.25) is 14.4 Å². The third-order valence-electron chi connectivity index (χ3n) is 5.67. The van der Waals surface area contributed by atoms with Crippen LogP contribution < -0.4 is 0 Å². The Morgan fingerprint density at radius 3 is 2.39 bits per heavy atom. The Balaban J connectivity index is 1.73. The molecule has 0 unspecified atom stereocenters. The topological polar surface area (TPSA) is 85.8 Å². The quantitative estimate of drug-likeness (QED) is 0.733. The van der Waals surface area contributed by atoms with Gasteiger partial charge < -0.3 is 14.8 Å². The number of aliphatic imine (C=N–C) groups is 1. The molecule has 7 nitrogen and oxygen atoms in total. The van der Waals surface area contributed by atoms with Crippen LogP contribution in [0.3, 0.4) is 0 Å². The molecule has 7 heteroatoms. The van der Waals surface area contributed by atoms with Crippen molar-refractivity contribution in [3.05, 3.63) is 69.7 Å². The minimum absolute atomic E-state index is 0.119. The summed E-state index contributed by atoms with van der Waals surface area (Å²) in [6, 6.07) is 0. The maximum atomic E-state index is 13.4. The Bertz CT molecular complexity index is 1140. The summed E-state index contributed by atoms with van der Waals surface area (Å²) >= 11 is 0. The number of H-pyrrole nitrogens is 1. The van der Waals surface area contributed by atoms with Crippen molar-refractivity contribution in [3.63, 3.8) is 0 Å². The van der Waals surface area contributed by atoms with Gasteiger partial charge in [-0.2, -0.15) is 0 Å². The van der Waals surface area contributed by atoms with E-state index in [1.165, 1.54) is 12.2 Å². The van der Waals surface area contributed by atoms with Gasteiger partial charge in [0.1, 0.15) is 0 Å². The first-order valence-electron chi connectivity index (χ1n) is 10.3. The van der Waals surface area contributed by atoms with Crippen LogP contribution in [-0.4, -0.2) is 79.1 Å². The molecule has 0 radical (unpaired) electrons. The molecule has 0 saturated carbocycles.